The molecule has 0 saturated heterocycles. The third-order valence-electron chi connectivity index (χ3n) is 4.79. The Morgan fingerprint density at radius 2 is 1.91 bits per heavy atom. The van der Waals surface area contributed by atoms with Crippen LogP contribution in [0.1, 0.15) is 23.0 Å². The van der Waals surface area contributed by atoms with Gasteiger partial charge in [0.15, 0.2) is 0 Å². The van der Waals surface area contributed by atoms with Gasteiger partial charge in [-0.25, -0.2) is 9.97 Å². The van der Waals surface area contributed by atoms with E-state index in [0.717, 1.165) is 12.1 Å². The van der Waals surface area contributed by atoms with Crippen LogP contribution in [0.4, 0.5) is 18.9 Å². The van der Waals surface area contributed by atoms with Crippen molar-refractivity contribution in [3.63, 3.8) is 0 Å². The van der Waals surface area contributed by atoms with E-state index in [1.54, 1.807) is 25.1 Å². The average Bonchev–Trinajstić information content (AvgIpc) is 2.79. The molecular weight excluding hydrogens is 423 g/mol. The largest absolute Gasteiger partial charge is 0.416 e. The number of benzene rings is 2. The zero-order valence-corrected chi connectivity index (χ0v) is 16.7. The number of hydrogen-bond donors (Lipinski definition) is 1. The van der Waals surface area contributed by atoms with Crippen LogP contribution >= 0.6 is 0 Å². The van der Waals surface area contributed by atoms with E-state index in [-0.39, 0.29) is 40.2 Å². The van der Waals surface area contributed by atoms with E-state index in [0.29, 0.717) is 0 Å². The third-order valence-corrected chi connectivity index (χ3v) is 4.79. The van der Waals surface area contributed by atoms with Crippen molar-refractivity contribution in [2.45, 2.75) is 19.6 Å². The maximum absolute atomic E-state index is 13.2. The molecular formula is C22H16F3N5O2. The lowest BCUT2D eigenvalue weighted by Gasteiger charge is -2.15. The summed E-state index contributed by atoms with van der Waals surface area (Å²) >= 11 is 0. The first kappa shape index (κ1) is 21.2. The molecule has 2 heterocycles. The Balaban J connectivity index is 1.89. The molecule has 1 N–H and O–H groups in total. The quantitative estimate of drug-likeness (QED) is 0.516. The molecule has 0 radical (unpaired) electrons. The molecule has 0 bridgehead atoms. The molecule has 10 heteroatoms. The van der Waals surface area contributed by atoms with Crippen molar-refractivity contribution in [2.75, 3.05) is 5.32 Å². The minimum Gasteiger partial charge on any atom is -0.319 e. The Labute approximate surface area is 179 Å². The normalized spacial score (nSPS) is 11.5. The number of nitrogens with one attached hydrogen (secondary N) is 1. The standard InChI is InChI=1S/C22H16F3N5O2/c1-2-30-19(13-5-3-6-14(11-13)22(23,24)25)29-18-15(21(30)32)7-4-8-16(18)28-20(31)17-12-26-9-10-27-17/h3-12H,2H2,1H3,(H,28,31). The second-order valence-electron chi connectivity index (χ2n) is 6.81. The molecule has 4 rings (SSSR count). The zero-order valence-electron chi connectivity index (χ0n) is 16.7. The number of halogens is 3. The van der Waals surface area contributed by atoms with Crippen molar-refractivity contribution in [3.05, 3.63) is 82.7 Å². The number of carbonyl (C=O) groups is 1. The fourth-order valence-electron chi connectivity index (χ4n) is 3.30. The summed E-state index contributed by atoms with van der Waals surface area (Å²) in [6.07, 6.45) is -0.473. The van der Waals surface area contributed by atoms with Crippen molar-refractivity contribution in [1.29, 1.82) is 0 Å². The molecule has 0 aliphatic rings. The monoisotopic (exact) mass is 439 g/mol. The van der Waals surface area contributed by atoms with Gasteiger partial charge < -0.3 is 5.32 Å². The molecule has 2 aromatic carbocycles. The highest BCUT2D eigenvalue weighted by molar-refractivity contribution is 6.07. The number of carbonyl (C=O) groups excluding carboxylic acids is 1. The molecule has 1 amide bonds. The van der Waals surface area contributed by atoms with Gasteiger partial charge >= 0.3 is 6.18 Å². The van der Waals surface area contributed by atoms with Crippen LogP contribution in [0.2, 0.25) is 0 Å². The molecule has 0 saturated carbocycles. The van der Waals surface area contributed by atoms with Crippen LogP contribution < -0.4 is 10.9 Å². The summed E-state index contributed by atoms with van der Waals surface area (Å²) in [6, 6.07) is 9.29. The number of fused-ring (bicyclic) bond motifs is 1. The summed E-state index contributed by atoms with van der Waals surface area (Å²) in [7, 11) is 0. The highest BCUT2D eigenvalue weighted by Crippen LogP contribution is 2.32. The summed E-state index contributed by atoms with van der Waals surface area (Å²) < 4.78 is 41.0. The maximum Gasteiger partial charge on any atom is 0.416 e. The second-order valence-corrected chi connectivity index (χ2v) is 6.81. The summed E-state index contributed by atoms with van der Waals surface area (Å²) in [5, 5.41) is 2.87. The first-order valence-corrected chi connectivity index (χ1v) is 9.58. The predicted molar refractivity (Wildman–Crippen MR) is 112 cm³/mol. The van der Waals surface area contributed by atoms with Crippen molar-refractivity contribution in [2.24, 2.45) is 0 Å². The Hall–Kier alpha value is -4.08. The van der Waals surface area contributed by atoms with Crippen LogP contribution in [0, 0.1) is 0 Å². The van der Waals surface area contributed by atoms with Gasteiger partial charge in [0.1, 0.15) is 17.0 Å². The van der Waals surface area contributed by atoms with Gasteiger partial charge in [-0.05, 0) is 31.2 Å². The number of para-hydroxylation sites is 1. The van der Waals surface area contributed by atoms with Gasteiger partial charge in [0, 0.05) is 24.5 Å². The topological polar surface area (TPSA) is 89.8 Å². The van der Waals surface area contributed by atoms with E-state index < -0.39 is 23.2 Å². The summed E-state index contributed by atoms with van der Waals surface area (Å²) in [5.41, 5.74) is -0.699. The van der Waals surface area contributed by atoms with Gasteiger partial charge in [-0.1, -0.05) is 18.2 Å². The second kappa shape index (κ2) is 8.22. The molecule has 2 aromatic heterocycles. The van der Waals surface area contributed by atoms with Gasteiger partial charge in [0.2, 0.25) is 0 Å². The van der Waals surface area contributed by atoms with E-state index in [1.165, 1.54) is 35.3 Å². The van der Waals surface area contributed by atoms with E-state index in [2.05, 4.69) is 20.3 Å². The molecule has 4 aromatic rings. The number of anilines is 1. The van der Waals surface area contributed by atoms with E-state index in [4.69, 9.17) is 0 Å². The molecule has 0 fully saturated rings. The zero-order chi connectivity index (χ0) is 22.9. The average molecular weight is 439 g/mol. The SMILES string of the molecule is CCn1c(-c2cccc(C(F)(F)F)c2)nc2c(NC(=O)c3cnccn3)cccc2c1=O. The van der Waals surface area contributed by atoms with E-state index in [9.17, 15) is 22.8 Å². The van der Waals surface area contributed by atoms with E-state index >= 15 is 0 Å². The molecule has 0 atom stereocenters. The van der Waals surface area contributed by atoms with Crippen LogP contribution in [0.15, 0.2) is 65.8 Å². The van der Waals surface area contributed by atoms with Crippen molar-refractivity contribution < 1.29 is 18.0 Å². The number of amides is 1. The van der Waals surface area contributed by atoms with Gasteiger partial charge in [-0.2, -0.15) is 13.2 Å². The maximum atomic E-state index is 13.2. The van der Waals surface area contributed by atoms with Crippen molar-refractivity contribution in [3.8, 4) is 11.4 Å². The highest BCUT2D eigenvalue weighted by Gasteiger charge is 2.31. The fourth-order valence-corrected chi connectivity index (χ4v) is 3.30. The van der Waals surface area contributed by atoms with Crippen LogP contribution in [-0.2, 0) is 12.7 Å². The number of nitrogens with zero attached hydrogens (tertiary/aromatic N) is 4. The lowest BCUT2D eigenvalue weighted by atomic mass is 10.1. The highest BCUT2D eigenvalue weighted by atomic mass is 19.4. The smallest absolute Gasteiger partial charge is 0.319 e. The lowest BCUT2D eigenvalue weighted by molar-refractivity contribution is -0.137. The van der Waals surface area contributed by atoms with Gasteiger partial charge in [-0.3, -0.25) is 19.1 Å². The van der Waals surface area contributed by atoms with Gasteiger partial charge in [-0.15, -0.1) is 0 Å². The molecule has 0 aliphatic heterocycles. The predicted octanol–water partition coefficient (Wildman–Crippen LogP) is 4.14. The van der Waals surface area contributed by atoms with Crippen LogP contribution in [-0.4, -0.2) is 25.4 Å². The van der Waals surface area contributed by atoms with Crippen molar-refractivity contribution >= 4 is 22.5 Å². The molecule has 7 nitrogen and oxygen atoms in total. The Bertz CT molecular complexity index is 1370. The van der Waals surface area contributed by atoms with Crippen LogP contribution in [0.3, 0.4) is 0 Å². The minimum absolute atomic E-state index is 0.0597. The summed E-state index contributed by atoms with van der Waals surface area (Å²) in [5.74, 6) is -0.495. The molecule has 32 heavy (non-hydrogen) atoms. The molecule has 0 aliphatic carbocycles. The van der Waals surface area contributed by atoms with Crippen LogP contribution in [0.25, 0.3) is 22.3 Å². The summed E-state index contributed by atoms with van der Waals surface area (Å²) in [6.45, 7) is 1.90. The van der Waals surface area contributed by atoms with Gasteiger partial charge in [0.05, 0.1) is 22.8 Å². The number of alkyl halides is 3. The minimum atomic E-state index is -4.54. The van der Waals surface area contributed by atoms with Crippen molar-refractivity contribution in [1.82, 2.24) is 19.5 Å². The van der Waals surface area contributed by atoms with Gasteiger partial charge in [0.25, 0.3) is 11.5 Å². The third kappa shape index (κ3) is 3.94. The van der Waals surface area contributed by atoms with Crippen LogP contribution in [0.5, 0.6) is 0 Å². The number of rotatable bonds is 4. The lowest BCUT2D eigenvalue weighted by Crippen LogP contribution is -2.23. The molecule has 0 spiro atoms. The first-order chi connectivity index (χ1) is 15.3. The summed E-state index contributed by atoms with van der Waals surface area (Å²) in [4.78, 5) is 37.9. The number of aromatic nitrogens is 4. The Morgan fingerprint density at radius 3 is 2.59 bits per heavy atom. The first-order valence-electron chi connectivity index (χ1n) is 9.58. The Morgan fingerprint density at radius 1 is 1.12 bits per heavy atom. The molecule has 0 unspecified atom stereocenters. The van der Waals surface area contributed by atoms with E-state index in [1.807, 2.05) is 0 Å². The number of hydrogen-bond acceptors (Lipinski definition) is 5. The Kier molecular flexibility index (Phi) is 5.43. The fraction of sp³-hybridized carbons (Fsp3) is 0.136. The molecule has 162 valence electrons.